The summed E-state index contributed by atoms with van der Waals surface area (Å²) in [5, 5.41) is 12.9. The average Bonchev–Trinajstić information content (AvgIpc) is 3.21. The van der Waals surface area contributed by atoms with E-state index in [-0.39, 0.29) is 5.91 Å². The lowest BCUT2D eigenvalue weighted by atomic mass is 9.95. The van der Waals surface area contributed by atoms with Crippen molar-refractivity contribution in [2.75, 3.05) is 38.6 Å². The fraction of sp³-hybridized carbons (Fsp3) is 0.591. The number of quaternary nitrogens is 1. The van der Waals surface area contributed by atoms with Crippen LogP contribution in [0.2, 0.25) is 0 Å². The number of nitrogens with one attached hydrogen (secondary N) is 2. The fourth-order valence-electron chi connectivity index (χ4n) is 4.22. The summed E-state index contributed by atoms with van der Waals surface area (Å²) in [7, 11) is 0. The Hall–Kier alpha value is -1.90. The van der Waals surface area contributed by atoms with Crippen molar-refractivity contribution in [2.45, 2.75) is 49.8 Å². The molecule has 1 aliphatic heterocycles. The number of hydrogen-bond donors (Lipinski definition) is 2. The molecule has 7 nitrogen and oxygen atoms in total. The number of rotatable bonds is 8. The normalized spacial score (nSPS) is 18.4. The summed E-state index contributed by atoms with van der Waals surface area (Å²) < 4.78 is 7.66. The maximum Gasteiger partial charge on any atom is 0.230 e. The molecule has 1 aliphatic carbocycles. The summed E-state index contributed by atoms with van der Waals surface area (Å²) in [5.74, 6) is 1.35. The second-order valence-corrected chi connectivity index (χ2v) is 9.07. The highest BCUT2D eigenvalue weighted by atomic mass is 32.2. The van der Waals surface area contributed by atoms with E-state index in [1.54, 1.807) is 4.90 Å². The van der Waals surface area contributed by atoms with Crippen LogP contribution in [0.1, 0.15) is 32.1 Å². The summed E-state index contributed by atoms with van der Waals surface area (Å²) in [5.41, 5.74) is 1.06. The molecule has 1 aromatic carbocycles. The summed E-state index contributed by atoms with van der Waals surface area (Å²) in [4.78, 5) is 14.0. The smallest absolute Gasteiger partial charge is 0.230 e. The Kier molecular flexibility index (Phi) is 7.77. The van der Waals surface area contributed by atoms with Gasteiger partial charge in [0, 0.05) is 11.6 Å². The Balaban J connectivity index is 1.41. The predicted octanol–water partition coefficient (Wildman–Crippen LogP) is 1.40. The molecule has 2 aromatic rings. The topological polar surface area (TPSA) is 73.5 Å². The van der Waals surface area contributed by atoms with Crippen molar-refractivity contribution in [3.63, 3.8) is 0 Å². The fourth-order valence-corrected chi connectivity index (χ4v) is 5.00. The molecule has 0 bridgehead atoms. The number of benzene rings is 1. The number of amides is 1. The molecule has 1 aromatic heterocycles. The molecule has 162 valence electrons. The average molecular weight is 431 g/mol. The molecule has 0 radical (unpaired) electrons. The van der Waals surface area contributed by atoms with Crippen molar-refractivity contribution >= 4 is 17.7 Å². The summed E-state index contributed by atoms with van der Waals surface area (Å²) in [6, 6.07) is 10.5. The second kappa shape index (κ2) is 10.9. The SMILES string of the molecule is O=C(CSc1nnc(-c2ccccc2)n1CC[NH+]1CCOCC1)NC1CCCCC1. The predicted molar refractivity (Wildman–Crippen MR) is 118 cm³/mol. The lowest BCUT2D eigenvalue weighted by Gasteiger charge is -2.24. The molecule has 1 amide bonds. The highest BCUT2D eigenvalue weighted by Crippen LogP contribution is 2.24. The first-order chi connectivity index (χ1) is 14.8. The maximum atomic E-state index is 12.5. The molecule has 2 fully saturated rings. The van der Waals surface area contributed by atoms with Gasteiger partial charge in [-0.3, -0.25) is 9.36 Å². The highest BCUT2D eigenvalue weighted by Gasteiger charge is 2.20. The minimum atomic E-state index is 0.0986. The van der Waals surface area contributed by atoms with E-state index in [9.17, 15) is 4.79 Å². The molecule has 1 saturated heterocycles. The number of carbonyl (C=O) groups excluding carboxylic acids is 1. The third kappa shape index (κ3) is 5.83. The van der Waals surface area contributed by atoms with Gasteiger partial charge in [0.25, 0.3) is 0 Å². The quantitative estimate of drug-likeness (QED) is 0.620. The summed E-state index contributed by atoms with van der Waals surface area (Å²) >= 11 is 1.49. The third-order valence-corrected chi connectivity index (χ3v) is 6.91. The molecule has 2 aliphatic rings. The second-order valence-electron chi connectivity index (χ2n) is 8.13. The van der Waals surface area contributed by atoms with E-state index in [0.717, 1.165) is 68.8 Å². The Morgan fingerprint density at radius 3 is 2.67 bits per heavy atom. The molecule has 0 spiro atoms. The van der Waals surface area contributed by atoms with Gasteiger partial charge in [0.15, 0.2) is 11.0 Å². The van der Waals surface area contributed by atoms with Crippen LogP contribution in [-0.4, -0.2) is 65.3 Å². The number of morpholine rings is 1. The van der Waals surface area contributed by atoms with E-state index in [1.165, 1.54) is 31.0 Å². The first kappa shape index (κ1) is 21.3. The number of carbonyl (C=O) groups is 1. The molecular weight excluding hydrogens is 398 g/mol. The molecule has 2 heterocycles. The van der Waals surface area contributed by atoms with Gasteiger partial charge in [-0.25, -0.2) is 0 Å². The maximum absolute atomic E-state index is 12.5. The summed E-state index contributed by atoms with van der Waals surface area (Å²) in [6.07, 6.45) is 5.94. The van der Waals surface area contributed by atoms with Gasteiger partial charge in [0.05, 0.1) is 32.1 Å². The zero-order chi connectivity index (χ0) is 20.6. The Labute approximate surface area is 182 Å². The van der Waals surface area contributed by atoms with Crippen LogP contribution in [0.25, 0.3) is 11.4 Å². The molecule has 0 atom stereocenters. The monoisotopic (exact) mass is 430 g/mol. The van der Waals surface area contributed by atoms with Crippen molar-refractivity contribution in [3.05, 3.63) is 30.3 Å². The van der Waals surface area contributed by atoms with Gasteiger partial charge in [0.1, 0.15) is 13.1 Å². The first-order valence-corrected chi connectivity index (χ1v) is 12.1. The van der Waals surface area contributed by atoms with E-state index in [4.69, 9.17) is 4.74 Å². The van der Waals surface area contributed by atoms with Crippen LogP contribution < -0.4 is 10.2 Å². The van der Waals surface area contributed by atoms with Crippen LogP contribution in [-0.2, 0) is 16.1 Å². The zero-order valence-corrected chi connectivity index (χ0v) is 18.3. The van der Waals surface area contributed by atoms with Crippen LogP contribution in [0.15, 0.2) is 35.5 Å². The third-order valence-electron chi connectivity index (χ3n) is 5.94. The van der Waals surface area contributed by atoms with E-state index in [2.05, 4.69) is 32.2 Å². The van der Waals surface area contributed by atoms with Crippen molar-refractivity contribution in [3.8, 4) is 11.4 Å². The number of ether oxygens (including phenoxy) is 1. The molecule has 30 heavy (non-hydrogen) atoms. The Morgan fingerprint density at radius 1 is 1.13 bits per heavy atom. The lowest BCUT2D eigenvalue weighted by Crippen LogP contribution is -3.14. The van der Waals surface area contributed by atoms with Gasteiger partial charge in [-0.15, -0.1) is 10.2 Å². The van der Waals surface area contributed by atoms with E-state index in [1.807, 2.05) is 18.2 Å². The van der Waals surface area contributed by atoms with Gasteiger partial charge in [-0.1, -0.05) is 61.4 Å². The number of hydrogen-bond acceptors (Lipinski definition) is 5. The Bertz CT molecular complexity index is 801. The van der Waals surface area contributed by atoms with Crippen LogP contribution in [0.5, 0.6) is 0 Å². The van der Waals surface area contributed by atoms with E-state index < -0.39 is 0 Å². The van der Waals surface area contributed by atoms with Crippen LogP contribution in [0, 0.1) is 0 Å². The summed E-state index contributed by atoms with van der Waals surface area (Å²) in [6.45, 7) is 5.56. The van der Waals surface area contributed by atoms with E-state index in [0.29, 0.717) is 11.8 Å². The number of nitrogens with zero attached hydrogens (tertiary/aromatic N) is 3. The van der Waals surface area contributed by atoms with Crippen molar-refractivity contribution < 1.29 is 14.4 Å². The van der Waals surface area contributed by atoms with Gasteiger partial charge >= 0.3 is 0 Å². The molecule has 8 heteroatoms. The highest BCUT2D eigenvalue weighted by molar-refractivity contribution is 7.99. The molecule has 1 saturated carbocycles. The van der Waals surface area contributed by atoms with Crippen LogP contribution in [0.3, 0.4) is 0 Å². The van der Waals surface area contributed by atoms with Crippen LogP contribution >= 0.6 is 11.8 Å². The molecular formula is C22H32N5O2S+. The first-order valence-electron chi connectivity index (χ1n) is 11.1. The van der Waals surface area contributed by atoms with Crippen molar-refractivity contribution in [1.82, 2.24) is 20.1 Å². The van der Waals surface area contributed by atoms with Gasteiger partial charge in [-0.2, -0.15) is 0 Å². The molecule has 0 unspecified atom stereocenters. The molecule has 4 rings (SSSR count). The van der Waals surface area contributed by atoms with Crippen molar-refractivity contribution in [1.29, 1.82) is 0 Å². The molecule has 2 N–H and O–H groups in total. The van der Waals surface area contributed by atoms with Gasteiger partial charge < -0.3 is 15.0 Å². The zero-order valence-electron chi connectivity index (χ0n) is 17.5. The minimum Gasteiger partial charge on any atom is -0.370 e. The minimum absolute atomic E-state index is 0.0986. The lowest BCUT2D eigenvalue weighted by molar-refractivity contribution is -0.908. The van der Waals surface area contributed by atoms with Gasteiger partial charge in [-0.05, 0) is 12.8 Å². The van der Waals surface area contributed by atoms with E-state index >= 15 is 0 Å². The van der Waals surface area contributed by atoms with Crippen molar-refractivity contribution in [2.24, 2.45) is 0 Å². The number of aromatic nitrogens is 3. The number of thioether (sulfide) groups is 1. The van der Waals surface area contributed by atoms with Crippen LogP contribution in [0.4, 0.5) is 0 Å². The Morgan fingerprint density at radius 2 is 1.90 bits per heavy atom. The standard InChI is InChI=1S/C22H31N5O2S/c28-20(23-19-9-5-2-6-10-19)17-30-22-25-24-21(18-7-3-1-4-8-18)27(22)12-11-26-13-15-29-16-14-26/h1,3-4,7-8,19H,2,5-6,9-17H2,(H,23,28)/p+1. The largest absolute Gasteiger partial charge is 0.370 e. The van der Waals surface area contributed by atoms with Gasteiger partial charge in [0.2, 0.25) is 5.91 Å².